The Balaban J connectivity index is 2.24. The number of ether oxygens (including phenoxy) is 3. The number of carbonyl (C=O) groups is 1. The minimum Gasteiger partial charge on any atom is -0.465 e. The fourth-order valence-corrected chi connectivity index (χ4v) is 0.992. The van der Waals surface area contributed by atoms with Crippen molar-refractivity contribution in [3.8, 4) is 0 Å². The Morgan fingerprint density at radius 3 is 2.91 bits per heavy atom. The third kappa shape index (κ3) is 2.48. The third-order valence-electron chi connectivity index (χ3n) is 1.42. The van der Waals surface area contributed by atoms with Crippen LogP contribution >= 0.6 is 0 Å². The maximum atomic E-state index is 9.80. The summed E-state index contributed by atoms with van der Waals surface area (Å²) in [7, 11) is 0. The van der Waals surface area contributed by atoms with Crippen LogP contribution in [0.1, 0.15) is 13.8 Å². The van der Waals surface area contributed by atoms with Gasteiger partial charge in [-0.2, -0.15) is 0 Å². The fourth-order valence-electron chi connectivity index (χ4n) is 0.992. The number of hydrogen-bond donors (Lipinski definition) is 0. The monoisotopic (exact) mass is 160 g/mol. The van der Waals surface area contributed by atoms with Crippen LogP contribution in [0.2, 0.25) is 0 Å². The Bertz CT molecular complexity index is 143. The maximum Gasteiger partial charge on any atom is 0.293 e. The van der Waals surface area contributed by atoms with Crippen LogP contribution in [0.25, 0.3) is 0 Å². The maximum absolute atomic E-state index is 9.80. The summed E-state index contributed by atoms with van der Waals surface area (Å²) in [6, 6.07) is 0. The van der Waals surface area contributed by atoms with Crippen molar-refractivity contribution in [2.45, 2.75) is 25.7 Å². The summed E-state index contributed by atoms with van der Waals surface area (Å²) in [6.07, 6.45) is -0.116. The van der Waals surface area contributed by atoms with E-state index in [1.54, 1.807) is 0 Å². The van der Waals surface area contributed by atoms with Gasteiger partial charge in [0.15, 0.2) is 5.79 Å². The number of rotatable bonds is 3. The molecule has 0 N–H and O–H groups in total. The Morgan fingerprint density at radius 1 is 1.73 bits per heavy atom. The summed E-state index contributed by atoms with van der Waals surface area (Å²) >= 11 is 0. The molecule has 0 bridgehead atoms. The fraction of sp³-hybridized carbons (Fsp3) is 0.857. The average Bonchev–Trinajstić information content (AvgIpc) is 2.26. The second-order valence-corrected chi connectivity index (χ2v) is 2.88. The van der Waals surface area contributed by atoms with Gasteiger partial charge in [-0.1, -0.05) is 0 Å². The van der Waals surface area contributed by atoms with Gasteiger partial charge in [-0.25, -0.2) is 0 Å². The van der Waals surface area contributed by atoms with E-state index >= 15 is 0 Å². The standard InChI is InChI=1S/C7H12O4/c1-7(2)10-4-6(11-7)3-9-5-8/h5-6H,3-4H2,1-2H3. The molecule has 1 aliphatic rings. The Kier molecular flexibility index (Phi) is 2.46. The van der Waals surface area contributed by atoms with Crippen LogP contribution < -0.4 is 0 Å². The highest BCUT2D eigenvalue weighted by atomic mass is 16.7. The van der Waals surface area contributed by atoms with E-state index in [4.69, 9.17) is 9.47 Å². The number of carbonyl (C=O) groups excluding carboxylic acids is 1. The van der Waals surface area contributed by atoms with Crippen molar-refractivity contribution in [2.24, 2.45) is 0 Å². The van der Waals surface area contributed by atoms with E-state index in [-0.39, 0.29) is 12.7 Å². The quantitative estimate of drug-likeness (QED) is 0.557. The van der Waals surface area contributed by atoms with Gasteiger partial charge in [0.05, 0.1) is 6.61 Å². The zero-order valence-electron chi connectivity index (χ0n) is 6.70. The van der Waals surface area contributed by atoms with Crippen LogP contribution in [-0.2, 0) is 19.0 Å². The molecular weight excluding hydrogens is 148 g/mol. The second-order valence-electron chi connectivity index (χ2n) is 2.88. The van der Waals surface area contributed by atoms with Gasteiger partial charge in [0, 0.05) is 0 Å². The molecule has 1 heterocycles. The lowest BCUT2D eigenvalue weighted by Crippen LogP contribution is -2.23. The number of hydrogen-bond acceptors (Lipinski definition) is 4. The van der Waals surface area contributed by atoms with E-state index in [1.807, 2.05) is 13.8 Å². The minimum absolute atomic E-state index is 0.116. The molecule has 1 unspecified atom stereocenters. The highest BCUT2D eigenvalue weighted by Crippen LogP contribution is 2.21. The van der Waals surface area contributed by atoms with Crippen LogP contribution in [0.5, 0.6) is 0 Å². The predicted octanol–water partition coefficient (Wildman–Crippen LogP) is 0.311. The molecule has 0 aromatic rings. The second kappa shape index (κ2) is 3.19. The van der Waals surface area contributed by atoms with Gasteiger partial charge in [0.25, 0.3) is 6.47 Å². The van der Waals surface area contributed by atoms with E-state index in [0.29, 0.717) is 13.1 Å². The van der Waals surface area contributed by atoms with E-state index in [1.165, 1.54) is 0 Å². The summed E-state index contributed by atoms with van der Waals surface area (Å²) in [4.78, 5) is 9.80. The largest absolute Gasteiger partial charge is 0.465 e. The molecule has 11 heavy (non-hydrogen) atoms. The van der Waals surface area contributed by atoms with E-state index in [2.05, 4.69) is 4.74 Å². The van der Waals surface area contributed by atoms with Crippen molar-refractivity contribution in [1.29, 1.82) is 0 Å². The highest BCUT2D eigenvalue weighted by Gasteiger charge is 2.32. The lowest BCUT2D eigenvalue weighted by atomic mass is 10.4. The van der Waals surface area contributed by atoms with Crippen LogP contribution in [0, 0.1) is 0 Å². The molecule has 0 amide bonds. The molecule has 1 aliphatic heterocycles. The van der Waals surface area contributed by atoms with Gasteiger partial charge in [-0.15, -0.1) is 0 Å². The van der Waals surface area contributed by atoms with Crippen LogP contribution in [0.3, 0.4) is 0 Å². The molecular formula is C7H12O4. The summed E-state index contributed by atoms with van der Waals surface area (Å²) in [5.74, 6) is -0.531. The van der Waals surface area contributed by atoms with Crippen LogP contribution in [-0.4, -0.2) is 31.6 Å². The molecule has 1 fully saturated rings. The molecule has 0 aromatic heterocycles. The summed E-state index contributed by atoms with van der Waals surface area (Å²) in [5.41, 5.74) is 0. The zero-order chi connectivity index (χ0) is 8.32. The van der Waals surface area contributed by atoms with E-state index in [9.17, 15) is 4.79 Å². The first-order valence-corrected chi connectivity index (χ1v) is 3.51. The average molecular weight is 160 g/mol. The summed E-state index contributed by atoms with van der Waals surface area (Å²) in [5, 5.41) is 0. The molecule has 0 aliphatic carbocycles. The highest BCUT2D eigenvalue weighted by molar-refractivity contribution is 5.36. The molecule has 0 saturated carbocycles. The first-order chi connectivity index (χ1) is 5.14. The van der Waals surface area contributed by atoms with Crippen LogP contribution in [0.15, 0.2) is 0 Å². The summed E-state index contributed by atoms with van der Waals surface area (Å²) < 4.78 is 15.1. The predicted molar refractivity (Wildman–Crippen MR) is 36.9 cm³/mol. The Morgan fingerprint density at radius 2 is 2.45 bits per heavy atom. The summed E-state index contributed by atoms with van der Waals surface area (Å²) in [6.45, 7) is 4.82. The van der Waals surface area contributed by atoms with Gasteiger partial charge in [0.2, 0.25) is 0 Å². The topological polar surface area (TPSA) is 44.8 Å². The van der Waals surface area contributed by atoms with Crippen LogP contribution in [0.4, 0.5) is 0 Å². The molecule has 1 atom stereocenters. The van der Waals surface area contributed by atoms with Crippen molar-refractivity contribution < 1.29 is 19.0 Å². The van der Waals surface area contributed by atoms with Crippen molar-refractivity contribution in [3.63, 3.8) is 0 Å². The van der Waals surface area contributed by atoms with Gasteiger partial charge in [-0.3, -0.25) is 4.79 Å². The molecule has 4 heteroatoms. The molecule has 0 radical (unpaired) electrons. The van der Waals surface area contributed by atoms with E-state index in [0.717, 1.165) is 0 Å². The van der Waals surface area contributed by atoms with Crippen molar-refractivity contribution in [2.75, 3.05) is 13.2 Å². The molecule has 1 rings (SSSR count). The molecule has 0 spiro atoms. The van der Waals surface area contributed by atoms with Gasteiger partial charge in [-0.05, 0) is 13.8 Å². The third-order valence-corrected chi connectivity index (χ3v) is 1.42. The lowest BCUT2D eigenvalue weighted by Gasteiger charge is -2.16. The first-order valence-electron chi connectivity index (χ1n) is 3.51. The molecule has 64 valence electrons. The SMILES string of the molecule is CC1(C)OCC(COC=O)O1. The molecule has 0 aromatic carbocycles. The van der Waals surface area contributed by atoms with Crippen molar-refractivity contribution >= 4 is 6.47 Å². The molecule has 4 nitrogen and oxygen atoms in total. The Labute approximate surface area is 65.4 Å². The minimum atomic E-state index is -0.531. The zero-order valence-corrected chi connectivity index (χ0v) is 6.70. The van der Waals surface area contributed by atoms with E-state index < -0.39 is 5.79 Å². The van der Waals surface area contributed by atoms with Gasteiger partial charge >= 0.3 is 0 Å². The van der Waals surface area contributed by atoms with Crippen molar-refractivity contribution in [3.05, 3.63) is 0 Å². The van der Waals surface area contributed by atoms with Gasteiger partial charge in [0.1, 0.15) is 12.7 Å². The molecule has 1 saturated heterocycles. The van der Waals surface area contributed by atoms with Gasteiger partial charge < -0.3 is 14.2 Å². The smallest absolute Gasteiger partial charge is 0.293 e. The Hall–Kier alpha value is -0.610. The normalized spacial score (nSPS) is 28.4. The first kappa shape index (κ1) is 8.49. The lowest BCUT2D eigenvalue weighted by molar-refractivity contribution is -0.150. The van der Waals surface area contributed by atoms with Crippen molar-refractivity contribution in [1.82, 2.24) is 0 Å².